The molecule has 1 aliphatic carbocycles. The minimum Gasteiger partial charge on any atom is -0.366 e. The van der Waals surface area contributed by atoms with Crippen LogP contribution in [0.2, 0.25) is 0 Å². The van der Waals surface area contributed by atoms with Crippen molar-refractivity contribution < 1.29 is 9.53 Å². The van der Waals surface area contributed by atoms with Crippen molar-refractivity contribution in [2.75, 3.05) is 26.2 Å². The van der Waals surface area contributed by atoms with E-state index < -0.39 is 0 Å². The highest BCUT2D eigenvalue weighted by atomic mass is 16.5. The molecule has 0 aromatic heterocycles. The van der Waals surface area contributed by atoms with E-state index in [-0.39, 0.29) is 12.0 Å². The van der Waals surface area contributed by atoms with Gasteiger partial charge in [-0.15, -0.1) is 0 Å². The molecular formula is C15H20N2O2. The molecule has 2 aliphatic rings. The van der Waals surface area contributed by atoms with Crippen LogP contribution in [-0.2, 0) is 16.0 Å². The summed E-state index contributed by atoms with van der Waals surface area (Å²) in [5, 5.41) is 6.20. The fraction of sp³-hybridized carbons (Fsp3) is 0.533. The molecular weight excluding hydrogens is 240 g/mol. The van der Waals surface area contributed by atoms with Crippen LogP contribution in [0.15, 0.2) is 24.3 Å². The van der Waals surface area contributed by atoms with Gasteiger partial charge in [0.2, 0.25) is 5.91 Å². The van der Waals surface area contributed by atoms with Crippen molar-refractivity contribution in [2.45, 2.75) is 24.9 Å². The Morgan fingerprint density at radius 2 is 2.32 bits per heavy atom. The molecule has 2 N–H and O–H groups in total. The Morgan fingerprint density at radius 1 is 1.42 bits per heavy atom. The van der Waals surface area contributed by atoms with Gasteiger partial charge in [0.25, 0.3) is 0 Å². The van der Waals surface area contributed by atoms with Gasteiger partial charge < -0.3 is 15.4 Å². The largest absolute Gasteiger partial charge is 0.366 e. The van der Waals surface area contributed by atoms with E-state index in [0.717, 1.165) is 25.9 Å². The number of carbonyl (C=O) groups excluding carboxylic acids is 1. The topological polar surface area (TPSA) is 50.4 Å². The third-order valence-electron chi connectivity index (χ3n) is 4.00. The van der Waals surface area contributed by atoms with E-state index in [9.17, 15) is 4.79 Å². The van der Waals surface area contributed by atoms with Crippen molar-refractivity contribution in [1.82, 2.24) is 10.6 Å². The first kappa shape index (κ1) is 12.6. The van der Waals surface area contributed by atoms with Crippen LogP contribution < -0.4 is 10.6 Å². The first-order chi connectivity index (χ1) is 9.34. The second-order valence-corrected chi connectivity index (χ2v) is 5.24. The summed E-state index contributed by atoms with van der Waals surface area (Å²) in [6, 6.07) is 8.53. The van der Waals surface area contributed by atoms with Crippen LogP contribution in [0.1, 0.15) is 23.5 Å². The number of nitrogens with one attached hydrogen (secondary N) is 2. The molecule has 1 saturated heterocycles. The molecule has 0 bridgehead atoms. The van der Waals surface area contributed by atoms with Gasteiger partial charge in [-0.3, -0.25) is 4.79 Å². The Morgan fingerprint density at radius 3 is 3.16 bits per heavy atom. The molecule has 1 aliphatic heterocycles. The summed E-state index contributed by atoms with van der Waals surface area (Å²) < 4.78 is 5.45. The van der Waals surface area contributed by atoms with Gasteiger partial charge in [0.15, 0.2) is 0 Å². The maximum Gasteiger partial charge on any atom is 0.250 e. The van der Waals surface area contributed by atoms with Crippen molar-refractivity contribution in [3.8, 4) is 0 Å². The fourth-order valence-corrected chi connectivity index (χ4v) is 2.93. The molecule has 4 nitrogen and oxygen atoms in total. The van der Waals surface area contributed by atoms with Crippen molar-refractivity contribution in [3.63, 3.8) is 0 Å². The van der Waals surface area contributed by atoms with Gasteiger partial charge in [0.1, 0.15) is 6.10 Å². The number of benzene rings is 1. The quantitative estimate of drug-likeness (QED) is 0.846. The number of hydrogen-bond donors (Lipinski definition) is 2. The molecule has 1 aromatic carbocycles. The highest BCUT2D eigenvalue weighted by molar-refractivity contribution is 5.81. The summed E-state index contributed by atoms with van der Waals surface area (Å²) in [5.41, 5.74) is 2.82. The van der Waals surface area contributed by atoms with Crippen LogP contribution >= 0.6 is 0 Å². The Hall–Kier alpha value is -1.39. The second kappa shape index (κ2) is 5.72. The molecule has 0 saturated carbocycles. The molecule has 3 rings (SSSR count). The maximum absolute atomic E-state index is 12.0. The highest BCUT2D eigenvalue weighted by Gasteiger charge is 2.25. The lowest BCUT2D eigenvalue weighted by Gasteiger charge is -2.23. The number of amides is 1. The number of ether oxygens (including phenoxy) is 1. The van der Waals surface area contributed by atoms with Gasteiger partial charge in [-0.2, -0.15) is 0 Å². The molecule has 0 radical (unpaired) electrons. The summed E-state index contributed by atoms with van der Waals surface area (Å²) >= 11 is 0. The highest BCUT2D eigenvalue weighted by Crippen LogP contribution is 2.32. The average Bonchev–Trinajstić information content (AvgIpc) is 2.89. The number of carbonyl (C=O) groups is 1. The SMILES string of the molecule is O=C(NCC1CCc2ccccc21)C1CNCCO1. The smallest absolute Gasteiger partial charge is 0.250 e. The number of morpholine rings is 1. The number of hydrogen-bond acceptors (Lipinski definition) is 3. The lowest BCUT2D eigenvalue weighted by atomic mass is 10.0. The number of fused-ring (bicyclic) bond motifs is 1. The molecule has 19 heavy (non-hydrogen) atoms. The average molecular weight is 260 g/mol. The predicted octanol–water partition coefficient (Wildman–Crippen LogP) is 0.821. The molecule has 102 valence electrons. The molecule has 1 heterocycles. The van der Waals surface area contributed by atoms with E-state index >= 15 is 0 Å². The van der Waals surface area contributed by atoms with Gasteiger partial charge in [-0.05, 0) is 24.0 Å². The van der Waals surface area contributed by atoms with Gasteiger partial charge in [-0.25, -0.2) is 0 Å². The third kappa shape index (κ3) is 2.80. The Labute approximate surface area is 113 Å². The number of aryl methyl sites for hydroxylation is 1. The molecule has 1 aromatic rings. The van der Waals surface area contributed by atoms with E-state index in [1.54, 1.807) is 0 Å². The van der Waals surface area contributed by atoms with Crippen LogP contribution in [0.3, 0.4) is 0 Å². The molecule has 2 unspecified atom stereocenters. The molecule has 1 fully saturated rings. The van der Waals surface area contributed by atoms with Crippen LogP contribution in [0.25, 0.3) is 0 Å². The minimum atomic E-state index is -0.328. The lowest BCUT2D eigenvalue weighted by molar-refractivity contribution is -0.134. The summed E-state index contributed by atoms with van der Waals surface area (Å²) in [5.74, 6) is 0.466. The van der Waals surface area contributed by atoms with Gasteiger partial charge in [0, 0.05) is 25.6 Å². The van der Waals surface area contributed by atoms with Crippen molar-refractivity contribution in [1.29, 1.82) is 0 Å². The van der Waals surface area contributed by atoms with Gasteiger partial charge in [0.05, 0.1) is 6.61 Å². The van der Waals surface area contributed by atoms with Crippen molar-refractivity contribution >= 4 is 5.91 Å². The zero-order chi connectivity index (χ0) is 13.1. The Kier molecular flexibility index (Phi) is 3.80. The first-order valence-electron chi connectivity index (χ1n) is 7.02. The zero-order valence-electron chi connectivity index (χ0n) is 11.0. The van der Waals surface area contributed by atoms with E-state index in [2.05, 4.69) is 34.9 Å². The summed E-state index contributed by atoms with van der Waals surface area (Å²) in [7, 11) is 0. The summed E-state index contributed by atoms with van der Waals surface area (Å²) in [6.45, 7) is 2.78. The predicted molar refractivity (Wildman–Crippen MR) is 73.1 cm³/mol. The molecule has 0 spiro atoms. The number of rotatable bonds is 3. The lowest BCUT2D eigenvalue weighted by Crippen LogP contribution is -2.48. The Balaban J connectivity index is 1.54. The standard InChI is InChI=1S/C15H20N2O2/c18-15(14-10-16-7-8-19-14)17-9-12-6-5-11-3-1-2-4-13(11)12/h1-4,12,14,16H,5-10H2,(H,17,18). The monoisotopic (exact) mass is 260 g/mol. The van der Waals surface area contributed by atoms with Crippen molar-refractivity contribution in [3.05, 3.63) is 35.4 Å². The molecule has 2 atom stereocenters. The van der Waals surface area contributed by atoms with E-state index in [1.165, 1.54) is 11.1 Å². The van der Waals surface area contributed by atoms with Crippen LogP contribution in [-0.4, -0.2) is 38.3 Å². The van der Waals surface area contributed by atoms with Gasteiger partial charge >= 0.3 is 0 Å². The summed E-state index contributed by atoms with van der Waals surface area (Å²) in [4.78, 5) is 12.0. The van der Waals surface area contributed by atoms with Crippen LogP contribution in [0, 0.1) is 0 Å². The first-order valence-corrected chi connectivity index (χ1v) is 7.02. The van der Waals surface area contributed by atoms with Crippen LogP contribution in [0.4, 0.5) is 0 Å². The molecule has 4 heteroatoms. The van der Waals surface area contributed by atoms with Gasteiger partial charge in [-0.1, -0.05) is 24.3 Å². The second-order valence-electron chi connectivity index (χ2n) is 5.24. The Bertz CT molecular complexity index is 455. The summed E-state index contributed by atoms with van der Waals surface area (Å²) in [6.07, 6.45) is 1.92. The van der Waals surface area contributed by atoms with Crippen LogP contribution in [0.5, 0.6) is 0 Å². The fourth-order valence-electron chi connectivity index (χ4n) is 2.93. The normalized spacial score (nSPS) is 25.9. The molecule has 1 amide bonds. The maximum atomic E-state index is 12.0. The van der Waals surface area contributed by atoms with E-state index in [0.29, 0.717) is 19.1 Å². The van der Waals surface area contributed by atoms with E-state index in [4.69, 9.17) is 4.74 Å². The van der Waals surface area contributed by atoms with E-state index in [1.807, 2.05) is 0 Å². The minimum absolute atomic E-state index is 0.0107. The third-order valence-corrected chi connectivity index (χ3v) is 4.00. The van der Waals surface area contributed by atoms with Crippen molar-refractivity contribution in [2.24, 2.45) is 0 Å². The zero-order valence-corrected chi connectivity index (χ0v) is 11.0.